The number of hydrogen-bond donors (Lipinski definition) is 0. The van der Waals surface area contributed by atoms with E-state index in [1.54, 1.807) is 36.7 Å². The van der Waals surface area contributed by atoms with E-state index in [9.17, 15) is 9.18 Å². The van der Waals surface area contributed by atoms with E-state index in [-0.39, 0.29) is 18.0 Å². The van der Waals surface area contributed by atoms with E-state index in [1.165, 1.54) is 6.07 Å². The zero-order valence-corrected chi connectivity index (χ0v) is 10.2. The quantitative estimate of drug-likeness (QED) is 0.772. The predicted molar refractivity (Wildman–Crippen MR) is 68.0 cm³/mol. The monoisotopic (exact) mass is 243 g/mol. The van der Waals surface area contributed by atoms with Crippen LogP contribution in [0.25, 0.3) is 0 Å². The minimum absolute atomic E-state index is 0.0700. The first-order valence-corrected chi connectivity index (χ1v) is 5.92. The normalized spacial score (nSPS) is 10.3. The van der Waals surface area contributed by atoms with Crippen molar-refractivity contribution in [2.75, 3.05) is 0 Å². The molecule has 2 nitrogen and oxygen atoms in total. The lowest BCUT2D eigenvalue weighted by Gasteiger charge is -2.06. The van der Waals surface area contributed by atoms with Gasteiger partial charge in [-0.15, -0.1) is 0 Å². The number of aryl methyl sites for hydroxylation is 1. The molecule has 0 saturated heterocycles. The molecule has 0 saturated carbocycles. The summed E-state index contributed by atoms with van der Waals surface area (Å²) in [4.78, 5) is 16.1. The van der Waals surface area contributed by atoms with Crippen LogP contribution in [0.1, 0.15) is 28.4 Å². The summed E-state index contributed by atoms with van der Waals surface area (Å²) in [5, 5.41) is 0. The zero-order valence-electron chi connectivity index (χ0n) is 10.2. The van der Waals surface area contributed by atoms with Crippen LogP contribution in [-0.2, 0) is 12.8 Å². The number of carbonyl (C=O) groups is 1. The molecule has 0 spiro atoms. The molecular weight excluding hydrogens is 229 g/mol. The van der Waals surface area contributed by atoms with E-state index in [1.807, 2.05) is 6.92 Å². The molecule has 0 fully saturated rings. The molecule has 0 N–H and O–H groups in total. The second kappa shape index (κ2) is 5.54. The van der Waals surface area contributed by atoms with Gasteiger partial charge in [-0.05, 0) is 29.7 Å². The topological polar surface area (TPSA) is 30.0 Å². The Morgan fingerprint density at radius 1 is 1.22 bits per heavy atom. The van der Waals surface area contributed by atoms with Gasteiger partial charge in [0.1, 0.15) is 5.82 Å². The van der Waals surface area contributed by atoms with E-state index in [0.717, 1.165) is 12.0 Å². The van der Waals surface area contributed by atoms with Gasteiger partial charge in [-0.1, -0.05) is 25.1 Å². The second-order valence-corrected chi connectivity index (χ2v) is 4.08. The van der Waals surface area contributed by atoms with Crippen molar-refractivity contribution in [1.82, 2.24) is 4.98 Å². The van der Waals surface area contributed by atoms with Gasteiger partial charge < -0.3 is 0 Å². The number of halogens is 1. The highest BCUT2D eigenvalue weighted by Crippen LogP contribution is 2.14. The molecule has 0 aliphatic rings. The number of nitrogens with zero attached hydrogens (tertiary/aromatic N) is 1. The maximum absolute atomic E-state index is 13.5. The van der Waals surface area contributed by atoms with Gasteiger partial charge in [0, 0.05) is 24.4 Å². The fourth-order valence-electron chi connectivity index (χ4n) is 1.89. The van der Waals surface area contributed by atoms with Gasteiger partial charge in [-0.3, -0.25) is 9.78 Å². The van der Waals surface area contributed by atoms with Crippen LogP contribution in [0.3, 0.4) is 0 Å². The molecule has 1 aromatic heterocycles. The number of rotatable bonds is 4. The molecule has 2 rings (SSSR count). The summed E-state index contributed by atoms with van der Waals surface area (Å²) in [6.45, 7) is 1.97. The van der Waals surface area contributed by atoms with Crippen molar-refractivity contribution in [1.29, 1.82) is 0 Å². The molecule has 0 amide bonds. The van der Waals surface area contributed by atoms with Crippen LogP contribution < -0.4 is 0 Å². The Balaban J connectivity index is 2.25. The standard InChI is InChI=1S/C15H14FNO/c1-2-11-10-17-8-7-13(11)15(18)9-12-5-3-4-6-14(12)16/h3-8,10H,2,9H2,1H3. The highest BCUT2D eigenvalue weighted by atomic mass is 19.1. The molecule has 3 heteroatoms. The second-order valence-electron chi connectivity index (χ2n) is 4.08. The molecule has 92 valence electrons. The molecule has 18 heavy (non-hydrogen) atoms. The van der Waals surface area contributed by atoms with Crippen LogP contribution in [0.5, 0.6) is 0 Å². The SMILES string of the molecule is CCc1cnccc1C(=O)Cc1ccccc1F. The Labute approximate surface area is 105 Å². The van der Waals surface area contributed by atoms with Crippen LogP contribution in [0.15, 0.2) is 42.7 Å². The highest BCUT2D eigenvalue weighted by molar-refractivity contribution is 5.98. The van der Waals surface area contributed by atoms with Gasteiger partial charge in [0.15, 0.2) is 5.78 Å². The summed E-state index contributed by atoms with van der Waals surface area (Å²) in [6, 6.07) is 8.06. The lowest BCUT2D eigenvalue weighted by molar-refractivity contribution is 0.0991. The number of aromatic nitrogens is 1. The van der Waals surface area contributed by atoms with Crippen molar-refractivity contribution in [3.63, 3.8) is 0 Å². The lowest BCUT2D eigenvalue weighted by atomic mass is 9.99. The van der Waals surface area contributed by atoms with E-state index in [4.69, 9.17) is 0 Å². The summed E-state index contributed by atoms with van der Waals surface area (Å²) in [5.74, 6) is -0.405. The Morgan fingerprint density at radius 3 is 2.72 bits per heavy atom. The van der Waals surface area contributed by atoms with Gasteiger partial charge in [0.05, 0.1) is 0 Å². The Hall–Kier alpha value is -2.03. The largest absolute Gasteiger partial charge is 0.294 e. The third kappa shape index (κ3) is 2.62. The summed E-state index contributed by atoms with van der Waals surface area (Å²) >= 11 is 0. The lowest BCUT2D eigenvalue weighted by Crippen LogP contribution is -2.08. The molecule has 0 radical (unpaired) electrons. The van der Waals surface area contributed by atoms with E-state index in [0.29, 0.717) is 11.1 Å². The van der Waals surface area contributed by atoms with E-state index >= 15 is 0 Å². The maximum Gasteiger partial charge on any atom is 0.167 e. The molecule has 2 aromatic rings. The smallest absolute Gasteiger partial charge is 0.167 e. The Kier molecular flexibility index (Phi) is 3.82. The average Bonchev–Trinajstić information content (AvgIpc) is 2.41. The molecule has 1 aromatic carbocycles. The van der Waals surface area contributed by atoms with Crippen molar-refractivity contribution < 1.29 is 9.18 Å². The van der Waals surface area contributed by atoms with Crippen LogP contribution in [0.4, 0.5) is 4.39 Å². The van der Waals surface area contributed by atoms with Crippen LogP contribution in [0, 0.1) is 5.82 Å². The van der Waals surface area contributed by atoms with Gasteiger partial charge in [0.25, 0.3) is 0 Å². The van der Waals surface area contributed by atoms with Crippen molar-refractivity contribution in [2.24, 2.45) is 0 Å². The average molecular weight is 243 g/mol. The first-order valence-electron chi connectivity index (χ1n) is 5.92. The summed E-state index contributed by atoms with van der Waals surface area (Å²) in [7, 11) is 0. The summed E-state index contributed by atoms with van der Waals surface area (Å²) in [5.41, 5.74) is 1.97. The van der Waals surface area contributed by atoms with Crippen LogP contribution in [0.2, 0.25) is 0 Å². The van der Waals surface area contributed by atoms with Gasteiger partial charge in [-0.2, -0.15) is 0 Å². The summed E-state index contributed by atoms with van der Waals surface area (Å²) < 4.78 is 13.5. The van der Waals surface area contributed by atoms with Crippen molar-refractivity contribution >= 4 is 5.78 Å². The van der Waals surface area contributed by atoms with Crippen molar-refractivity contribution in [2.45, 2.75) is 19.8 Å². The number of hydrogen-bond acceptors (Lipinski definition) is 2. The molecular formula is C15H14FNO. The molecule has 0 atom stereocenters. The minimum atomic E-state index is -0.335. The minimum Gasteiger partial charge on any atom is -0.294 e. The third-order valence-electron chi connectivity index (χ3n) is 2.89. The highest BCUT2D eigenvalue weighted by Gasteiger charge is 2.12. The Bertz CT molecular complexity index is 566. The third-order valence-corrected chi connectivity index (χ3v) is 2.89. The fourth-order valence-corrected chi connectivity index (χ4v) is 1.89. The van der Waals surface area contributed by atoms with Gasteiger partial charge in [0.2, 0.25) is 0 Å². The van der Waals surface area contributed by atoms with Crippen molar-refractivity contribution in [3.05, 3.63) is 65.2 Å². The number of benzene rings is 1. The number of carbonyl (C=O) groups excluding carboxylic acids is 1. The number of Topliss-reactive ketones (excluding diaryl/α,β-unsaturated/α-hetero) is 1. The molecule has 1 heterocycles. The van der Waals surface area contributed by atoms with Gasteiger partial charge in [-0.25, -0.2) is 4.39 Å². The predicted octanol–water partition coefficient (Wildman–Crippen LogP) is 3.21. The molecule has 0 aliphatic carbocycles. The van der Waals surface area contributed by atoms with Crippen LogP contribution in [-0.4, -0.2) is 10.8 Å². The summed E-state index contributed by atoms with van der Waals surface area (Å²) in [6.07, 6.45) is 4.11. The van der Waals surface area contributed by atoms with E-state index < -0.39 is 0 Å². The fraction of sp³-hybridized carbons (Fsp3) is 0.200. The van der Waals surface area contributed by atoms with Crippen molar-refractivity contribution in [3.8, 4) is 0 Å². The zero-order chi connectivity index (χ0) is 13.0. The maximum atomic E-state index is 13.5. The van der Waals surface area contributed by atoms with Gasteiger partial charge >= 0.3 is 0 Å². The first-order chi connectivity index (χ1) is 8.72. The first kappa shape index (κ1) is 12.4. The van der Waals surface area contributed by atoms with E-state index in [2.05, 4.69) is 4.98 Å². The van der Waals surface area contributed by atoms with Crippen LogP contribution >= 0.6 is 0 Å². The Morgan fingerprint density at radius 2 is 2.00 bits per heavy atom. The number of pyridine rings is 1. The molecule has 0 bridgehead atoms. The molecule has 0 aliphatic heterocycles. The molecule has 0 unspecified atom stereocenters. The number of ketones is 1.